The van der Waals surface area contributed by atoms with E-state index in [1.54, 1.807) is 0 Å². The lowest BCUT2D eigenvalue weighted by Gasteiger charge is -2.36. The van der Waals surface area contributed by atoms with Crippen molar-refractivity contribution in [2.75, 3.05) is 26.2 Å². The number of nitrogens with two attached hydrogens (primary N) is 1. The lowest BCUT2D eigenvalue weighted by molar-refractivity contribution is -0.325. The topological polar surface area (TPSA) is 38.5 Å². The largest absolute Gasteiger partial charge is 0.522 e. The van der Waals surface area contributed by atoms with Crippen molar-refractivity contribution in [1.29, 1.82) is 0 Å². The Hall–Kier alpha value is -0.330. The number of nitrogens with zero attached hydrogens (tertiary/aromatic N) is 1. The van der Waals surface area contributed by atoms with Gasteiger partial charge in [0.2, 0.25) is 0 Å². The zero-order chi connectivity index (χ0) is 12.2. The lowest BCUT2D eigenvalue weighted by atomic mass is 9.91. The van der Waals surface area contributed by atoms with E-state index in [2.05, 4.69) is 11.7 Å². The van der Waals surface area contributed by atoms with Gasteiger partial charge in [-0.25, -0.2) is 0 Å². The summed E-state index contributed by atoms with van der Waals surface area (Å²) in [6.45, 7) is 3.62. The lowest BCUT2D eigenvalue weighted by Crippen LogP contribution is -2.47. The molecule has 96 valence electrons. The van der Waals surface area contributed by atoms with Crippen LogP contribution in [-0.2, 0) is 4.74 Å². The highest BCUT2D eigenvalue weighted by Crippen LogP contribution is 2.19. The van der Waals surface area contributed by atoms with Crippen molar-refractivity contribution < 1.29 is 17.9 Å². The Morgan fingerprint density at radius 2 is 2.12 bits per heavy atom. The zero-order valence-corrected chi connectivity index (χ0v) is 9.46. The molecule has 16 heavy (non-hydrogen) atoms. The molecule has 0 aliphatic carbocycles. The van der Waals surface area contributed by atoms with Gasteiger partial charge in [-0.3, -0.25) is 4.74 Å². The van der Waals surface area contributed by atoms with Crippen molar-refractivity contribution in [3.05, 3.63) is 0 Å². The van der Waals surface area contributed by atoms with Crippen molar-refractivity contribution in [3.8, 4) is 0 Å². The molecule has 6 heteroatoms. The number of ether oxygens (including phenoxy) is 1. The normalized spacial score (nSPS) is 28.3. The molecule has 0 bridgehead atoms. The Labute approximate surface area is 93.7 Å². The second-order valence-electron chi connectivity index (χ2n) is 4.22. The zero-order valence-electron chi connectivity index (χ0n) is 9.46. The quantitative estimate of drug-likeness (QED) is 0.811. The molecule has 1 rings (SSSR count). The smallest absolute Gasteiger partial charge is 0.327 e. The summed E-state index contributed by atoms with van der Waals surface area (Å²) in [5, 5.41) is 0. The van der Waals surface area contributed by atoms with E-state index in [-0.39, 0.29) is 12.6 Å². The fourth-order valence-corrected chi connectivity index (χ4v) is 2.05. The van der Waals surface area contributed by atoms with Gasteiger partial charge < -0.3 is 10.6 Å². The van der Waals surface area contributed by atoms with Crippen LogP contribution in [0.4, 0.5) is 13.2 Å². The van der Waals surface area contributed by atoms with E-state index in [4.69, 9.17) is 5.73 Å². The second-order valence-corrected chi connectivity index (χ2v) is 4.22. The van der Waals surface area contributed by atoms with Gasteiger partial charge in [-0.15, -0.1) is 13.2 Å². The van der Waals surface area contributed by atoms with E-state index in [9.17, 15) is 13.2 Å². The molecule has 0 aromatic carbocycles. The van der Waals surface area contributed by atoms with Crippen LogP contribution in [0.5, 0.6) is 0 Å². The van der Waals surface area contributed by atoms with E-state index in [0.717, 1.165) is 25.9 Å². The van der Waals surface area contributed by atoms with E-state index in [1.807, 2.05) is 4.90 Å². The highest BCUT2D eigenvalue weighted by Gasteiger charge is 2.30. The fourth-order valence-electron chi connectivity index (χ4n) is 2.05. The molecular formula is C10H19F3N2O. The summed E-state index contributed by atoms with van der Waals surface area (Å²) < 4.78 is 39.0. The van der Waals surface area contributed by atoms with Crippen LogP contribution in [0.3, 0.4) is 0 Å². The van der Waals surface area contributed by atoms with Crippen molar-refractivity contribution >= 4 is 0 Å². The van der Waals surface area contributed by atoms with Gasteiger partial charge in [0.1, 0.15) is 0 Å². The minimum Gasteiger partial charge on any atom is -0.327 e. The monoisotopic (exact) mass is 240 g/mol. The van der Waals surface area contributed by atoms with Crippen LogP contribution in [0.25, 0.3) is 0 Å². The molecule has 2 N–H and O–H groups in total. The summed E-state index contributed by atoms with van der Waals surface area (Å²) in [4.78, 5) is 1.99. The molecule has 0 radical (unpaired) electrons. The van der Waals surface area contributed by atoms with Crippen molar-refractivity contribution in [2.24, 2.45) is 11.7 Å². The van der Waals surface area contributed by atoms with Crippen LogP contribution < -0.4 is 5.73 Å². The third kappa shape index (κ3) is 4.67. The molecule has 0 spiro atoms. The van der Waals surface area contributed by atoms with Gasteiger partial charge in [0.15, 0.2) is 0 Å². The predicted molar refractivity (Wildman–Crippen MR) is 54.8 cm³/mol. The van der Waals surface area contributed by atoms with Gasteiger partial charge in [-0.05, 0) is 18.9 Å². The third-order valence-corrected chi connectivity index (χ3v) is 3.07. The van der Waals surface area contributed by atoms with Crippen LogP contribution >= 0.6 is 0 Å². The summed E-state index contributed by atoms with van der Waals surface area (Å²) in [6, 6.07) is 0.185. The van der Waals surface area contributed by atoms with Gasteiger partial charge in [-0.1, -0.05) is 13.3 Å². The van der Waals surface area contributed by atoms with Gasteiger partial charge >= 0.3 is 6.36 Å². The molecule has 1 heterocycles. The maximum atomic E-state index is 11.8. The first-order chi connectivity index (χ1) is 7.42. The summed E-state index contributed by atoms with van der Waals surface area (Å²) in [5.41, 5.74) is 5.91. The van der Waals surface area contributed by atoms with Crippen LogP contribution in [0.15, 0.2) is 0 Å². The molecule has 0 saturated carbocycles. The molecular weight excluding hydrogens is 221 g/mol. The summed E-state index contributed by atoms with van der Waals surface area (Å²) in [6.07, 6.45) is -2.70. The van der Waals surface area contributed by atoms with Crippen LogP contribution in [0, 0.1) is 5.92 Å². The average molecular weight is 240 g/mol. The molecule has 3 nitrogen and oxygen atoms in total. The first kappa shape index (κ1) is 13.7. The van der Waals surface area contributed by atoms with E-state index in [1.165, 1.54) is 0 Å². The van der Waals surface area contributed by atoms with Crippen molar-refractivity contribution in [3.63, 3.8) is 0 Å². The highest BCUT2D eigenvalue weighted by molar-refractivity contribution is 4.81. The molecule has 1 fully saturated rings. The van der Waals surface area contributed by atoms with E-state index < -0.39 is 6.36 Å². The van der Waals surface area contributed by atoms with Crippen molar-refractivity contribution in [2.45, 2.75) is 32.2 Å². The third-order valence-electron chi connectivity index (χ3n) is 3.07. The Morgan fingerprint density at radius 3 is 2.69 bits per heavy atom. The summed E-state index contributed by atoms with van der Waals surface area (Å²) >= 11 is 0. The molecule has 1 saturated heterocycles. The molecule has 0 amide bonds. The second kappa shape index (κ2) is 5.84. The molecule has 2 atom stereocenters. The predicted octanol–water partition coefficient (Wildman–Crippen LogP) is 1.58. The number of halogens is 3. The number of hydrogen-bond acceptors (Lipinski definition) is 3. The van der Waals surface area contributed by atoms with E-state index >= 15 is 0 Å². The van der Waals surface area contributed by atoms with Crippen LogP contribution in [0.1, 0.15) is 19.8 Å². The van der Waals surface area contributed by atoms with Gasteiger partial charge in [0.25, 0.3) is 0 Å². The number of alkyl halides is 3. The van der Waals surface area contributed by atoms with Gasteiger partial charge in [0.05, 0.1) is 6.61 Å². The van der Waals surface area contributed by atoms with Gasteiger partial charge in [-0.2, -0.15) is 0 Å². The number of rotatable bonds is 4. The van der Waals surface area contributed by atoms with Crippen LogP contribution in [0.2, 0.25) is 0 Å². The SMILES string of the molecule is CCC1CN(CCOC(F)(F)F)CCC1N. The van der Waals surface area contributed by atoms with Crippen molar-refractivity contribution in [1.82, 2.24) is 4.90 Å². The summed E-state index contributed by atoms with van der Waals surface area (Å²) in [7, 11) is 0. The standard InChI is InChI=1S/C10H19F3N2O/c1-2-8-7-15(4-3-9(8)14)5-6-16-10(11,12)13/h8-9H,2-7,14H2,1H3. The molecule has 0 aromatic rings. The fraction of sp³-hybridized carbons (Fsp3) is 1.00. The van der Waals surface area contributed by atoms with Gasteiger partial charge in [0, 0.05) is 19.1 Å². The minimum absolute atomic E-state index is 0.185. The minimum atomic E-state index is -4.52. The Bertz CT molecular complexity index is 211. The Balaban J connectivity index is 2.23. The van der Waals surface area contributed by atoms with Crippen LogP contribution in [-0.4, -0.2) is 43.5 Å². The number of likely N-dealkylation sites (tertiary alicyclic amines) is 1. The Kier molecular flexibility index (Phi) is 5.01. The maximum Gasteiger partial charge on any atom is 0.522 e. The molecule has 1 aliphatic rings. The average Bonchev–Trinajstić information content (AvgIpc) is 2.18. The first-order valence-electron chi connectivity index (χ1n) is 5.61. The summed E-state index contributed by atoms with van der Waals surface area (Å²) in [5.74, 6) is 0.389. The number of piperidine rings is 1. The highest BCUT2D eigenvalue weighted by atomic mass is 19.4. The maximum absolute atomic E-state index is 11.8. The number of hydrogen-bond donors (Lipinski definition) is 1. The molecule has 1 aliphatic heterocycles. The Morgan fingerprint density at radius 1 is 1.44 bits per heavy atom. The molecule has 2 unspecified atom stereocenters. The first-order valence-corrected chi connectivity index (χ1v) is 5.61. The van der Waals surface area contributed by atoms with E-state index in [0.29, 0.717) is 12.5 Å². The molecule has 0 aromatic heterocycles.